The van der Waals surface area contributed by atoms with Gasteiger partial charge >= 0.3 is 0 Å². The van der Waals surface area contributed by atoms with Gasteiger partial charge in [-0.2, -0.15) is 0 Å². The molecule has 3 amide bonds. The number of hydrogen-bond donors (Lipinski definition) is 1. The van der Waals surface area contributed by atoms with Gasteiger partial charge in [-0.05, 0) is 24.3 Å². The summed E-state index contributed by atoms with van der Waals surface area (Å²) in [6.45, 7) is -0.556. The van der Waals surface area contributed by atoms with E-state index in [1.807, 2.05) is 0 Å². The maximum absolute atomic E-state index is 12.3. The summed E-state index contributed by atoms with van der Waals surface area (Å²) in [7, 11) is 0. The lowest BCUT2D eigenvalue weighted by Gasteiger charge is -2.14. The Balaban J connectivity index is 1.78. The molecule has 0 atom stereocenters. The Labute approximate surface area is 156 Å². The molecule has 0 aliphatic carbocycles. The van der Waals surface area contributed by atoms with Gasteiger partial charge in [0.2, 0.25) is 5.91 Å². The number of nitrogens with zero attached hydrogens (tertiary/aromatic N) is 2. The van der Waals surface area contributed by atoms with Crippen molar-refractivity contribution in [3.05, 3.63) is 67.7 Å². The highest BCUT2D eigenvalue weighted by atomic mass is 35.5. The molecule has 132 valence electrons. The smallest absolute Gasteiger partial charge is 0.270 e. The van der Waals surface area contributed by atoms with E-state index in [-0.39, 0.29) is 27.5 Å². The van der Waals surface area contributed by atoms with E-state index in [0.717, 1.165) is 12.1 Å². The first kappa shape index (κ1) is 17.8. The number of halogens is 2. The molecule has 2 aromatic rings. The Morgan fingerprint density at radius 3 is 2.42 bits per heavy atom. The van der Waals surface area contributed by atoms with Crippen LogP contribution in [-0.4, -0.2) is 34.1 Å². The zero-order valence-corrected chi connectivity index (χ0v) is 14.4. The molecule has 0 saturated carbocycles. The second-order valence-corrected chi connectivity index (χ2v) is 6.20. The highest BCUT2D eigenvalue weighted by Crippen LogP contribution is 2.28. The monoisotopic (exact) mass is 393 g/mol. The molecular formula is C16H9Cl2N3O5. The Kier molecular flexibility index (Phi) is 4.62. The highest BCUT2D eigenvalue weighted by molar-refractivity contribution is 6.36. The number of nitro benzene ring substituents is 1. The molecule has 2 aromatic carbocycles. The van der Waals surface area contributed by atoms with Crippen LogP contribution in [0.2, 0.25) is 10.0 Å². The second-order valence-electron chi connectivity index (χ2n) is 5.36. The number of carbonyl (C=O) groups is 3. The minimum absolute atomic E-state index is 0.0120. The minimum Gasteiger partial charge on any atom is -0.323 e. The Morgan fingerprint density at radius 1 is 1.08 bits per heavy atom. The molecular weight excluding hydrogens is 385 g/mol. The van der Waals surface area contributed by atoms with Gasteiger partial charge in [0.15, 0.2) is 0 Å². The number of hydrogen-bond acceptors (Lipinski definition) is 5. The van der Waals surface area contributed by atoms with E-state index >= 15 is 0 Å². The van der Waals surface area contributed by atoms with Crippen LogP contribution in [0.3, 0.4) is 0 Å². The normalized spacial score (nSPS) is 12.9. The van der Waals surface area contributed by atoms with Gasteiger partial charge in [0.25, 0.3) is 17.5 Å². The van der Waals surface area contributed by atoms with Crippen molar-refractivity contribution in [1.29, 1.82) is 0 Å². The molecule has 10 heteroatoms. The summed E-state index contributed by atoms with van der Waals surface area (Å²) in [5.74, 6) is -2.12. The van der Waals surface area contributed by atoms with Crippen molar-refractivity contribution in [3.63, 3.8) is 0 Å². The summed E-state index contributed by atoms with van der Waals surface area (Å²) in [4.78, 5) is 47.7. The molecule has 1 aliphatic heterocycles. The fourth-order valence-electron chi connectivity index (χ4n) is 2.46. The maximum Gasteiger partial charge on any atom is 0.270 e. The molecule has 0 radical (unpaired) electrons. The third kappa shape index (κ3) is 3.24. The zero-order valence-electron chi connectivity index (χ0n) is 12.9. The zero-order chi connectivity index (χ0) is 19.0. The van der Waals surface area contributed by atoms with Gasteiger partial charge in [-0.3, -0.25) is 29.4 Å². The SMILES string of the molecule is O=C(CN1C(=O)c2ccc([N+](=O)[O-])cc2C1=O)Nc1ccc(Cl)cc1Cl. The molecule has 3 rings (SSSR count). The van der Waals surface area contributed by atoms with Gasteiger partial charge in [-0.1, -0.05) is 23.2 Å². The molecule has 26 heavy (non-hydrogen) atoms. The van der Waals surface area contributed by atoms with Crippen LogP contribution in [0.5, 0.6) is 0 Å². The van der Waals surface area contributed by atoms with Crippen LogP contribution in [0.4, 0.5) is 11.4 Å². The number of rotatable bonds is 4. The molecule has 0 spiro atoms. The fraction of sp³-hybridized carbons (Fsp3) is 0.0625. The van der Waals surface area contributed by atoms with Gasteiger partial charge in [-0.25, -0.2) is 0 Å². The van der Waals surface area contributed by atoms with E-state index < -0.39 is 29.2 Å². The summed E-state index contributed by atoms with van der Waals surface area (Å²) in [5, 5.41) is 13.9. The predicted molar refractivity (Wildman–Crippen MR) is 93.6 cm³/mol. The number of non-ortho nitro benzene ring substituents is 1. The quantitative estimate of drug-likeness (QED) is 0.487. The van der Waals surface area contributed by atoms with Gasteiger partial charge < -0.3 is 5.32 Å². The third-order valence-electron chi connectivity index (χ3n) is 3.67. The average molecular weight is 394 g/mol. The number of anilines is 1. The highest BCUT2D eigenvalue weighted by Gasteiger charge is 2.37. The Hall–Kier alpha value is -2.97. The topological polar surface area (TPSA) is 110 Å². The van der Waals surface area contributed by atoms with E-state index in [4.69, 9.17) is 23.2 Å². The van der Waals surface area contributed by atoms with E-state index in [9.17, 15) is 24.5 Å². The summed E-state index contributed by atoms with van der Waals surface area (Å²) in [5.41, 5.74) is -0.142. The van der Waals surface area contributed by atoms with E-state index in [2.05, 4.69) is 5.32 Å². The van der Waals surface area contributed by atoms with Gasteiger partial charge in [-0.15, -0.1) is 0 Å². The Bertz CT molecular complexity index is 976. The van der Waals surface area contributed by atoms with E-state index in [1.165, 1.54) is 24.3 Å². The maximum atomic E-state index is 12.3. The molecule has 1 heterocycles. The molecule has 0 fully saturated rings. The van der Waals surface area contributed by atoms with Crippen molar-refractivity contribution in [3.8, 4) is 0 Å². The van der Waals surface area contributed by atoms with E-state index in [0.29, 0.717) is 9.92 Å². The van der Waals surface area contributed by atoms with Crippen LogP contribution in [0, 0.1) is 10.1 Å². The standard InChI is InChI=1S/C16H9Cl2N3O5/c17-8-1-4-13(12(18)5-8)19-14(22)7-20-15(23)10-3-2-9(21(25)26)6-11(10)16(20)24/h1-6H,7H2,(H,19,22). The first-order valence-corrected chi connectivity index (χ1v) is 7.93. The fourth-order valence-corrected chi connectivity index (χ4v) is 2.92. The Morgan fingerprint density at radius 2 is 1.77 bits per heavy atom. The first-order chi connectivity index (χ1) is 12.3. The van der Waals surface area contributed by atoms with Crippen molar-refractivity contribution in [2.24, 2.45) is 0 Å². The first-order valence-electron chi connectivity index (χ1n) is 7.17. The largest absolute Gasteiger partial charge is 0.323 e. The van der Waals surface area contributed by atoms with Crippen LogP contribution in [0.25, 0.3) is 0 Å². The summed E-state index contributed by atoms with van der Waals surface area (Å²) in [6, 6.07) is 7.77. The summed E-state index contributed by atoms with van der Waals surface area (Å²) < 4.78 is 0. The number of carbonyl (C=O) groups excluding carboxylic acids is 3. The number of fused-ring (bicyclic) bond motifs is 1. The molecule has 0 unspecified atom stereocenters. The predicted octanol–water partition coefficient (Wildman–Crippen LogP) is 3.14. The van der Waals surface area contributed by atoms with Crippen molar-refractivity contribution in [1.82, 2.24) is 4.90 Å². The summed E-state index contributed by atoms with van der Waals surface area (Å²) in [6.07, 6.45) is 0. The molecule has 8 nitrogen and oxygen atoms in total. The molecule has 1 aliphatic rings. The number of amides is 3. The van der Waals surface area contributed by atoms with E-state index in [1.54, 1.807) is 0 Å². The molecule has 0 bridgehead atoms. The van der Waals surface area contributed by atoms with Gasteiger partial charge in [0.1, 0.15) is 6.54 Å². The van der Waals surface area contributed by atoms with Crippen LogP contribution in [-0.2, 0) is 4.79 Å². The van der Waals surface area contributed by atoms with Crippen LogP contribution in [0.1, 0.15) is 20.7 Å². The van der Waals surface area contributed by atoms with Crippen LogP contribution < -0.4 is 5.32 Å². The lowest BCUT2D eigenvalue weighted by atomic mass is 10.1. The van der Waals surface area contributed by atoms with Gasteiger partial charge in [0, 0.05) is 17.2 Å². The van der Waals surface area contributed by atoms with Gasteiger partial charge in [0.05, 0.1) is 26.8 Å². The van der Waals surface area contributed by atoms with Crippen LogP contribution in [0.15, 0.2) is 36.4 Å². The van der Waals surface area contributed by atoms with Crippen molar-refractivity contribution < 1.29 is 19.3 Å². The lowest BCUT2D eigenvalue weighted by Crippen LogP contribution is -2.37. The number of imide groups is 1. The van der Waals surface area contributed by atoms with Crippen molar-refractivity contribution in [2.75, 3.05) is 11.9 Å². The minimum atomic E-state index is -0.772. The van der Waals surface area contributed by atoms with Crippen molar-refractivity contribution >= 4 is 52.3 Å². The molecule has 0 aromatic heterocycles. The van der Waals surface area contributed by atoms with Crippen molar-refractivity contribution in [2.45, 2.75) is 0 Å². The van der Waals surface area contributed by atoms with Crippen LogP contribution >= 0.6 is 23.2 Å². The number of benzene rings is 2. The lowest BCUT2D eigenvalue weighted by molar-refractivity contribution is -0.384. The number of nitro groups is 1. The average Bonchev–Trinajstić information content (AvgIpc) is 2.82. The second kappa shape index (κ2) is 6.74. The third-order valence-corrected chi connectivity index (χ3v) is 4.22. The summed E-state index contributed by atoms with van der Waals surface area (Å²) >= 11 is 11.7. The molecule has 0 saturated heterocycles. The number of nitrogens with one attached hydrogen (secondary N) is 1. The molecule has 1 N–H and O–H groups in total.